The number of alkyl halides is 3. The number of halogens is 3. The third-order valence-corrected chi connectivity index (χ3v) is 1.30. The third kappa shape index (κ3) is 3.08. The fourth-order valence-electron chi connectivity index (χ4n) is 0.749. The summed E-state index contributed by atoms with van der Waals surface area (Å²) in [6.07, 6.45) is -4.47. The summed E-state index contributed by atoms with van der Waals surface area (Å²) in [4.78, 5) is 0. The minimum Gasteiger partial charge on any atom is -0.398 e. The van der Waals surface area contributed by atoms with Crippen LogP contribution in [-0.2, 0) is 0 Å². The Morgan fingerprint density at radius 2 is 1.77 bits per heavy atom. The smallest absolute Gasteiger partial charge is 0.398 e. The van der Waals surface area contributed by atoms with Crippen LogP contribution in [0.2, 0.25) is 0 Å². The van der Waals surface area contributed by atoms with Crippen molar-refractivity contribution in [3.05, 3.63) is 29.8 Å². The molecule has 0 unspecified atom stereocenters. The zero-order valence-corrected chi connectivity index (χ0v) is 6.52. The average molecular weight is 185 g/mol. The highest BCUT2D eigenvalue weighted by Crippen LogP contribution is 2.14. The Balaban J connectivity index is 2.97. The van der Waals surface area contributed by atoms with E-state index in [-0.39, 0.29) is 11.3 Å². The largest absolute Gasteiger partial charge is 0.458 e. The summed E-state index contributed by atoms with van der Waals surface area (Å²) in [7, 11) is 0. The van der Waals surface area contributed by atoms with E-state index in [1.165, 1.54) is 12.1 Å². The molecule has 13 heavy (non-hydrogen) atoms. The molecule has 1 nitrogen and oxygen atoms in total. The van der Waals surface area contributed by atoms with Crippen molar-refractivity contribution >= 4 is 5.69 Å². The molecule has 0 saturated carbocycles. The molecule has 4 heteroatoms. The van der Waals surface area contributed by atoms with Crippen molar-refractivity contribution < 1.29 is 13.2 Å². The zero-order chi connectivity index (χ0) is 9.90. The second kappa shape index (κ2) is 3.40. The maximum atomic E-state index is 11.7. The molecule has 0 aliphatic heterocycles. The molecule has 0 aliphatic carbocycles. The molecule has 0 saturated heterocycles. The van der Waals surface area contributed by atoms with Gasteiger partial charge < -0.3 is 5.73 Å². The van der Waals surface area contributed by atoms with Crippen molar-refractivity contribution in [3.8, 4) is 11.8 Å². The second-order valence-corrected chi connectivity index (χ2v) is 2.34. The number of rotatable bonds is 0. The Morgan fingerprint density at radius 3 is 2.31 bits per heavy atom. The van der Waals surface area contributed by atoms with E-state index in [1.54, 1.807) is 12.1 Å². The summed E-state index contributed by atoms with van der Waals surface area (Å²) in [5, 5.41) is 0. The molecule has 0 radical (unpaired) electrons. The van der Waals surface area contributed by atoms with Crippen LogP contribution in [0.1, 0.15) is 5.56 Å². The fraction of sp³-hybridized carbons (Fsp3) is 0.111. The van der Waals surface area contributed by atoms with Gasteiger partial charge in [-0.05, 0) is 12.1 Å². The van der Waals surface area contributed by atoms with Crippen LogP contribution in [-0.4, -0.2) is 6.18 Å². The van der Waals surface area contributed by atoms with Crippen LogP contribution in [0.3, 0.4) is 0 Å². The Kier molecular flexibility index (Phi) is 2.47. The SMILES string of the molecule is Nc1ccccc1C#CC(F)(F)F. The first-order valence-corrected chi connectivity index (χ1v) is 3.43. The molecule has 0 atom stereocenters. The standard InChI is InChI=1S/C9H6F3N/c10-9(11,12)6-5-7-3-1-2-4-8(7)13/h1-4H,13H2. The molecule has 1 aromatic carbocycles. The van der Waals surface area contributed by atoms with Gasteiger partial charge in [-0.25, -0.2) is 0 Å². The average Bonchev–Trinajstić information content (AvgIpc) is 2.01. The van der Waals surface area contributed by atoms with E-state index in [0.29, 0.717) is 0 Å². The van der Waals surface area contributed by atoms with Crippen molar-refractivity contribution in [1.29, 1.82) is 0 Å². The van der Waals surface area contributed by atoms with Gasteiger partial charge in [0, 0.05) is 17.2 Å². The Labute approximate surface area is 73.4 Å². The highest BCUT2D eigenvalue weighted by Gasteiger charge is 2.22. The van der Waals surface area contributed by atoms with Crippen molar-refractivity contribution in [1.82, 2.24) is 0 Å². The van der Waals surface area contributed by atoms with E-state index in [0.717, 1.165) is 5.92 Å². The van der Waals surface area contributed by atoms with Gasteiger partial charge in [-0.15, -0.1) is 0 Å². The third-order valence-electron chi connectivity index (χ3n) is 1.30. The number of anilines is 1. The number of benzene rings is 1. The van der Waals surface area contributed by atoms with Crippen molar-refractivity contribution in [2.45, 2.75) is 6.18 Å². The molecule has 0 bridgehead atoms. The molecule has 0 amide bonds. The van der Waals surface area contributed by atoms with Gasteiger partial charge in [-0.3, -0.25) is 0 Å². The fourth-order valence-corrected chi connectivity index (χ4v) is 0.749. The molecular weight excluding hydrogens is 179 g/mol. The lowest BCUT2D eigenvalue weighted by Gasteiger charge is -1.96. The van der Waals surface area contributed by atoms with Crippen LogP contribution in [0, 0.1) is 11.8 Å². The lowest BCUT2D eigenvalue weighted by Crippen LogP contribution is -2.01. The molecule has 1 rings (SSSR count). The Hall–Kier alpha value is -1.63. The zero-order valence-electron chi connectivity index (χ0n) is 6.52. The first kappa shape index (κ1) is 9.46. The van der Waals surface area contributed by atoms with Crippen molar-refractivity contribution in [2.24, 2.45) is 0 Å². The summed E-state index contributed by atoms with van der Waals surface area (Å²) in [6.45, 7) is 0. The van der Waals surface area contributed by atoms with Gasteiger partial charge in [0.1, 0.15) is 0 Å². The lowest BCUT2D eigenvalue weighted by atomic mass is 10.2. The van der Waals surface area contributed by atoms with Crippen molar-refractivity contribution in [3.63, 3.8) is 0 Å². The van der Waals surface area contributed by atoms with Gasteiger partial charge in [0.25, 0.3) is 0 Å². The van der Waals surface area contributed by atoms with E-state index in [4.69, 9.17) is 5.73 Å². The van der Waals surface area contributed by atoms with Crippen LogP contribution in [0.5, 0.6) is 0 Å². The molecule has 2 N–H and O–H groups in total. The van der Waals surface area contributed by atoms with Gasteiger partial charge in [0.2, 0.25) is 0 Å². The first-order valence-electron chi connectivity index (χ1n) is 3.43. The van der Waals surface area contributed by atoms with Gasteiger partial charge >= 0.3 is 6.18 Å². The van der Waals surface area contributed by atoms with Crippen LogP contribution < -0.4 is 5.73 Å². The minimum atomic E-state index is -4.47. The highest BCUT2D eigenvalue weighted by atomic mass is 19.4. The Bertz CT molecular complexity index is 357. The molecular formula is C9H6F3N. The van der Waals surface area contributed by atoms with Crippen LogP contribution in [0.25, 0.3) is 0 Å². The summed E-state index contributed by atoms with van der Waals surface area (Å²) in [5.74, 6) is 3.10. The predicted octanol–water partition coefficient (Wildman–Crippen LogP) is 2.18. The predicted molar refractivity (Wildman–Crippen MR) is 43.8 cm³/mol. The summed E-state index contributed by atoms with van der Waals surface area (Å²) >= 11 is 0. The molecule has 0 fully saturated rings. The molecule has 1 aromatic rings. The first-order chi connectivity index (χ1) is 5.99. The second-order valence-electron chi connectivity index (χ2n) is 2.34. The van der Waals surface area contributed by atoms with E-state index >= 15 is 0 Å². The van der Waals surface area contributed by atoms with Gasteiger partial charge in [-0.2, -0.15) is 13.2 Å². The molecule has 0 aromatic heterocycles. The minimum absolute atomic E-state index is 0.194. The normalized spacial score (nSPS) is 10.4. The maximum absolute atomic E-state index is 11.7. The molecule has 0 spiro atoms. The van der Waals surface area contributed by atoms with Crippen LogP contribution in [0.15, 0.2) is 24.3 Å². The van der Waals surface area contributed by atoms with Crippen LogP contribution >= 0.6 is 0 Å². The summed E-state index contributed by atoms with van der Waals surface area (Å²) in [5.41, 5.74) is 5.82. The van der Waals surface area contributed by atoms with E-state index in [9.17, 15) is 13.2 Å². The van der Waals surface area contributed by atoms with E-state index in [1.807, 2.05) is 5.92 Å². The summed E-state index contributed by atoms with van der Waals surface area (Å²) in [6, 6.07) is 6.15. The van der Waals surface area contributed by atoms with Crippen LogP contribution in [0.4, 0.5) is 18.9 Å². The van der Waals surface area contributed by atoms with Gasteiger partial charge in [0.15, 0.2) is 0 Å². The number of hydrogen-bond acceptors (Lipinski definition) is 1. The monoisotopic (exact) mass is 185 g/mol. The van der Waals surface area contributed by atoms with Gasteiger partial charge in [0.05, 0.1) is 0 Å². The number of para-hydroxylation sites is 1. The lowest BCUT2D eigenvalue weighted by molar-refractivity contribution is -0.0696. The maximum Gasteiger partial charge on any atom is 0.458 e. The van der Waals surface area contributed by atoms with E-state index < -0.39 is 6.18 Å². The molecule has 68 valence electrons. The molecule has 0 heterocycles. The quantitative estimate of drug-likeness (QED) is 0.486. The van der Waals surface area contributed by atoms with Gasteiger partial charge in [-0.1, -0.05) is 18.1 Å². The summed E-state index contributed by atoms with van der Waals surface area (Å²) < 4.78 is 35.0. The van der Waals surface area contributed by atoms with Crippen molar-refractivity contribution in [2.75, 3.05) is 5.73 Å². The molecule has 0 aliphatic rings. The number of nitrogens with two attached hydrogens (primary N) is 1. The highest BCUT2D eigenvalue weighted by molar-refractivity contribution is 5.55. The topological polar surface area (TPSA) is 26.0 Å². The Morgan fingerprint density at radius 1 is 1.15 bits per heavy atom. The number of nitrogen functional groups attached to an aromatic ring is 1. The van der Waals surface area contributed by atoms with E-state index in [2.05, 4.69) is 0 Å². The number of hydrogen-bond donors (Lipinski definition) is 1.